The lowest BCUT2D eigenvalue weighted by molar-refractivity contribution is -0.913. The average Bonchev–Trinajstić information content (AvgIpc) is 2.55. The number of piperidine rings is 1. The summed E-state index contributed by atoms with van der Waals surface area (Å²) in [5, 5.41) is 0.843. The number of hydrogen-bond acceptors (Lipinski definition) is 0. The first kappa shape index (κ1) is 15.6. The zero-order valence-corrected chi connectivity index (χ0v) is 14.1. The van der Waals surface area contributed by atoms with Crippen LogP contribution in [0.15, 0.2) is 48.5 Å². The SMILES string of the molecule is C[N+]1(CCc2cc(Cl)ccc2-c2ccccc2)CCCCC1. The number of halogens is 1. The standard InChI is InChI=1S/C20H25ClN/c1-22(13-6-3-7-14-22)15-12-18-16-19(21)10-11-20(18)17-8-4-2-5-9-17/h2,4-5,8-11,16H,3,6-7,12-15H2,1H3/q+1. The molecule has 0 radical (unpaired) electrons. The molecule has 116 valence electrons. The second kappa shape index (κ2) is 6.85. The van der Waals surface area contributed by atoms with Crippen LogP contribution in [-0.2, 0) is 6.42 Å². The van der Waals surface area contributed by atoms with Crippen molar-refractivity contribution in [2.45, 2.75) is 25.7 Å². The molecule has 0 spiro atoms. The minimum atomic E-state index is 0.843. The maximum Gasteiger partial charge on any atom is 0.0825 e. The Bertz CT molecular complexity index is 615. The Kier molecular flexibility index (Phi) is 4.85. The van der Waals surface area contributed by atoms with Gasteiger partial charge in [0.15, 0.2) is 0 Å². The lowest BCUT2D eigenvalue weighted by Crippen LogP contribution is -2.49. The predicted octanol–water partition coefficient (Wildman–Crippen LogP) is 5.18. The van der Waals surface area contributed by atoms with E-state index in [0.717, 1.165) is 11.4 Å². The van der Waals surface area contributed by atoms with E-state index in [2.05, 4.69) is 49.5 Å². The van der Waals surface area contributed by atoms with Crippen molar-refractivity contribution < 1.29 is 4.48 Å². The zero-order valence-electron chi connectivity index (χ0n) is 13.4. The Morgan fingerprint density at radius 1 is 0.955 bits per heavy atom. The van der Waals surface area contributed by atoms with Gasteiger partial charge in [-0.1, -0.05) is 48.0 Å². The highest BCUT2D eigenvalue weighted by molar-refractivity contribution is 6.30. The van der Waals surface area contributed by atoms with E-state index in [-0.39, 0.29) is 0 Å². The van der Waals surface area contributed by atoms with Gasteiger partial charge >= 0.3 is 0 Å². The number of likely N-dealkylation sites (N-methyl/N-ethyl adjacent to an activating group) is 1. The van der Waals surface area contributed by atoms with Crippen molar-refractivity contribution in [2.24, 2.45) is 0 Å². The molecule has 3 rings (SSSR count). The number of rotatable bonds is 4. The Labute approximate surface area is 139 Å². The van der Waals surface area contributed by atoms with Crippen LogP contribution in [0.2, 0.25) is 5.02 Å². The van der Waals surface area contributed by atoms with Gasteiger partial charge in [0.1, 0.15) is 0 Å². The fraction of sp³-hybridized carbons (Fsp3) is 0.400. The van der Waals surface area contributed by atoms with Gasteiger partial charge in [0.2, 0.25) is 0 Å². The summed E-state index contributed by atoms with van der Waals surface area (Å²) in [6.07, 6.45) is 5.25. The van der Waals surface area contributed by atoms with E-state index in [0.29, 0.717) is 0 Å². The summed E-state index contributed by atoms with van der Waals surface area (Å²) >= 11 is 6.26. The van der Waals surface area contributed by atoms with E-state index in [1.807, 2.05) is 6.07 Å². The largest absolute Gasteiger partial charge is 0.326 e. The van der Waals surface area contributed by atoms with Crippen molar-refractivity contribution in [3.8, 4) is 11.1 Å². The van der Waals surface area contributed by atoms with Crippen molar-refractivity contribution in [1.29, 1.82) is 0 Å². The Hall–Kier alpha value is -1.31. The zero-order chi connectivity index (χ0) is 15.4. The van der Waals surface area contributed by atoms with Crippen molar-refractivity contribution in [2.75, 3.05) is 26.7 Å². The molecule has 0 atom stereocenters. The van der Waals surface area contributed by atoms with E-state index >= 15 is 0 Å². The Balaban J connectivity index is 1.82. The van der Waals surface area contributed by atoms with Crippen LogP contribution < -0.4 is 0 Å². The molecule has 2 aromatic carbocycles. The molecular weight excluding hydrogens is 290 g/mol. The maximum absolute atomic E-state index is 6.26. The Morgan fingerprint density at radius 3 is 2.41 bits per heavy atom. The highest BCUT2D eigenvalue weighted by atomic mass is 35.5. The summed E-state index contributed by atoms with van der Waals surface area (Å²) in [6, 6.07) is 17.0. The predicted molar refractivity (Wildman–Crippen MR) is 95.2 cm³/mol. The van der Waals surface area contributed by atoms with Crippen LogP contribution in [0, 0.1) is 0 Å². The second-order valence-corrected chi connectivity index (χ2v) is 7.20. The van der Waals surface area contributed by atoms with Crippen molar-refractivity contribution >= 4 is 11.6 Å². The van der Waals surface area contributed by atoms with E-state index < -0.39 is 0 Å². The molecule has 1 aliphatic rings. The van der Waals surface area contributed by atoms with Gasteiger partial charge in [-0.3, -0.25) is 0 Å². The molecule has 0 aliphatic carbocycles. The number of benzene rings is 2. The highest BCUT2D eigenvalue weighted by Crippen LogP contribution is 2.28. The summed E-state index contributed by atoms with van der Waals surface area (Å²) in [4.78, 5) is 0. The topological polar surface area (TPSA) is 0 Å². The first-order valence-corrected chi connectivity index (χ1v) is 8.72. The van der Waals surface area contributed by atoms with Crippen molar-refractivity contribution in [3.05, 3.63) is 59.1 Å². The molecule has 2 aromatic rings. The molecule has 0 saturated carbocycles. The Morgan fingerprint density at radius 2 is 1.68 bits per heavy atom. The fourth-order valence-corrected chi connectivity index (χ4v) is 3.75. The van der Waals surface area contributed by atoms with Crippen LogP contribution in [0.5, 0.6) is 0 Å². The summed E-state index contributed by atoms with van der Waals surface area (Å²) < 4.78 is 1.21. The van der Waals surface area contributed by atoms with E-state index in [9.17, 15) is 0 Å². The normalized spacial score (nSPS) is 17.4. The van der Waals surface area contributed by atoms with Gasteiger partial charge in [0.25, 0.3) is 0 Å². The van der Waals surface area contributed by atoms with E-state index in [1.165, 1.54) is 60.1 Å². The number of likely N-dealkylation sites (tertiary alicyclic amines) is 1. The van der Waals surface area contributed by atoms with Crippen molar-refractivity contribution in [1.82, 2.24) is 0 Å². The first-order chi connectivity index (χ1) is 10.7. The lowest BCUT2D eigenvalue weighted by Gasteiger charge is -2.38. The van der Waals surface area contributed by atoms with E-state index in [1.54, 1.807) is 0 Å². The molecule has 2 heteroatoms. The summed E-state index contributed by atoms with van der Waals surface area (Å²) in [5.41, 5.74) is 3.99. The third kappa shape index (κ3) is 3.71. The quantitative estimate of drug-likeness (QED) is 0.682. The van der Waals surface area contributed by atoms with Crippen molar-refractivity contribution in [3.63, 3.8) is 0 Å². The average molecular weight is 315 g/mol. The summed E-state index contributed by atoms with van der Waals surface area (Å²) in [5.74, 6) is 0. The minimum absolute atomic E-state index is 0.843. The minimum Gasteiger partial charge on any atom is -0.326 e. The molecule has 1 fully saturated rings. The van der Waals surface area contributed by atoms with Gasteiger partial charge in [0.05, 0.1) is 26.7 Å². The molecule has 1 heterocycles. The van der Waals surface area contributed by atoms with Crippen LogP contribution in [0.4, 0.5) is 0 Å². The fourth-order valence-electron chi connectivity index (χ4n) is 3.56. The summed E-state index contributed by atoms with van der Waals surface area (Å²) in [6.45, 7) is 3.85. The smallest absolute Gasteiger partial charge is 0.0825 e. The van der Waals surface area contributed by atoms with Gasteiger partial charge in [-0.05, 0) is 48.1 Å². The molecule has 1 saturated heterocycles. The molecule has 0 aromatic heterocycles. The van der Waals surface area contributed by atoms with Gasteiger partial charge in [-0.15, -0.1) is 0 Å². The molecule has 0 bridgehead atoms. The number of hydrogen-bond donors (Lipinski definition) is 0. The van der Waals surface area contributed by atoms with Gasteiger partial charge in [0, 0.05) is 11.4 Å². The van der Waals surface area contributed by atoms with Gasteiger partial charge in [-0.2, -0.15) is 0 Å². The number of nitrogens with zero attached hydrogens (tertiary/aromatic N) is 1. The first-order valence-electron chi connectivity index (χ1n) is 8.34. The third-order valence-electron chi connectivity index (χ3n) is 4.97. The van der Waals surface area contributed by atoms with Gasteiger partial charge in [-0.25, -0.2) is 0 Å². The second-order valence-electron chi connectivity index (χ2n) is 6.77. The van der Waals surface area contributed by atoms with E-state index in [4.69, 9.17) is 11.6 Å². The lowest BCUT2D eigenvalue weighted by atomic mass is 9.97. The molecule has 0 N–H and O–H groups in total. The molecule has 1 nitrogen and oxygen atoms in total. The highest BCUT2D eigenvalue weighted by Gasteiger charge is 2.24. The van der Waals surface area contributed by atoms with Crippen LogP contribution in [0.25, 0.3) is 11.1 Å². The van der Waals surface area contributed by atoms with Crippen LogP contribution in [0.3, 0.4) is 0 Å². The molecular formula is C20H25ClN+. The summed E-state index contributed by atoms with van der Waals surface area (Å²) in [7, 11) is 2.41. The maximum atomic E-state index is 6.26. The molecule has 0 amide bonds. The molecule has 0 unspecified atom stereocenters. The van der Waals surface area contributed by atoms with Crippen LogP contribution in [-0.4, -0.2) is 31.2 Å². The molecule has 1 aliphatic heterocycles. The van der Waals surface area contributed by atoms with Gasteiger partial charge < -0.3 is 4.48 Å². The van der Waals surface area contributed by atoms with Crippen LogP contribution >= 0.6 is 11.6 Å². The number of quaternary nitrogens is 1. The third-order valence-corrected chi connectivity index (χ3v) is 5.20. The van der Waals surface area contributed by atoms with Crippen LogP contribution in [0.1, 0.15) is 24.8 Å². The molecule has 22 heavy (non-hydrogen) atoms. The monoisotopic (exact) mass is 314 g/mol.